The van der Waals surface area contributed by atoms with E-state index >= 15 is 0 Å². The van der Waals surface area contributed by atoms with Gasteiger partial charge in [-0.3, -0.25) is 4.79 Å². The van der Waals surface area contributed by atoms with Crippen LogP contribution in [0.15, 0.2) is 66.9 Å². The molecule has 4 aromatic rings. The van der Waals surface area contributed by atoms with Crippen LogP contribution in [0, 0.1) is 6.92 Å². The first-order chi connectivity index (χ1) is 13.6. The molecule has 2 heterocycles. The predicted octanol–water partition coefficient (Wildman–Crippen LogP) is 5.52. The first-order valence-corrected chi connectivity index (χ1v) is 9.66. The van der Waals surface area contributed by atoms with Crippen LogP contribution in [0.3, 0.4) is 0 Å². The number of benzene rings is 2. The number of Topliss-reactive ketones (excluding diaryl/α,β-unsaturated/α-hetero) is 1. The first kappa shape index (κ1) is 18.0. The fourth-order valence-electron chi connectivity index (χ4n) is 2.83. The molecule has 0 aliphatic heterocycles. The number of aryl methyl sites for hydroxylation is 1. The van der Waals surface area contributed by atoms with E-state index in [0.717, 1.165) is 32.5 Å². The van der Waals surface area contributed by atoms with Gasteiger partial charge in [-0.25, -0.2) is 15.0 Å². The molecule has 2 aromatic carbocycles. The Morgan fingerprint density at radius 1 is 1.00 bits per heavy atom. The zero-order valence-electron chi connectivity index (χ0n) is 15.5. The smallest absolute Gasteiger partial charge is 0.227 e. The molecule has 0 fully saturated rings. The molecule has 0 spiro atoms. The van der Waals surface area contributed by atoms with Crippen LogP contribution in [0.5, 0.6) is 0 Å². The largest absolute Gasteiger partial charge is 0.324 e. The molecule has 4 rings (SSSR count). The molecular weight excluding hydrogens is 368 g/mol. The molecule has 0 saturated heterocycles. The lowest BCUT2D eigenvalue weighted by Crippen LogP contribution is -1.99. The van der Waals surface area contributed by atoms with Crippen LogP contribution in [-0.4, -0.2) is 20.7 Å². The van der Waals surface area contributed by atoms with Gasteiger partial charge < -0.3 is 5.32 Å². The SMILES string of the molecule is CC(=O)c1cccc(Nc2nccc(-c3sc(-c4ccccc4)nc3C)n2)c1. The van der Waals surface area contributed by atoms with Crippen molar-refractivity contribution in [1.29, 1.82) is 0 Å². The lowest BCUT2D eigenvalue weighted by Gasteiger charge is -2.07. The van der Waals surface area contributed by atoms with Gasteiger partial charge in [-0.1, -0.05) is 42.5 Å². The summed E-state index contributed by atoms with van der Waals surface area (Å²) in [5.41, 5.74) is 4.27. The van der Waals surface area contributed by atoms with Crippen LogP contribution >= 0.6 is 11.3 Å². The van der Waals surface area contributed by atoms with E-state index in [0.29, 0.717) is 11.5 Å². The Kier molecular flexibility index (Phi) is 4.95. The number of aromatic nitrogens is 3. The zero-order chi connectivity index (χ0) is 19.5. The molecule has 0 saturated carbocycles. The lowest BCUT2D eigenvalue weighted by atomic mass is 10.1. The van der Waals surface area contributed by atoms with E-state index in [9.17, 15) is 4.79 Å². The topological polar surface area (TPSA) is 67.8 Å². The molecule has 138 valence electrons. The Balaban J connectivity index is 1.64. The van der Waals surface area contributed by atoms with Crippen molar-refractivity contribution < 1.29 is 4.79 Å². The van der Waals surface area contributed by atoms with Crippen molar-refractivity contribution in [2.75, 3.05) is 5.32 Å². The van der Waals surface area contributed by atoms with Crippen molar-refractivity contribution in [2.24, 2.45) is 0 Å². The second-order valence-corrected chi connectivity index (χ2v) is 7.33. The molecule has 0 amide bonds. The van der Waals surface area contributed by atoms with Crippen molar-refractivity contribution in [3.63, 3.8) is 0 Å². The highest BCUT2D eigenvalue weighted by atomic mass is 32.1. The molecule has 0 aliphatic rings. The number of thiazole rings is 1. The van der Waals surface area contributed by atoms with Crippen molar-refractivity contribution in [2.45, 2.75) is 13.8 Å². The van der Waals surface area contributed by atoms with Crippen molar-refractivity contribution in [1.82, 2.24) is 15.0 Å². The minimum atomic E-state index is 0.0204. The van der Waals surface area contributed by atoms with Crippen molar-refractivity contribution in [3.05, 3.63) is 78.1 Å². The van der Waals surface area contributed by atoms with E-state index in [1.54, 1.807) is 36.6 Å². The monoisotopic (exact) mass is 386 g/mol. The molecule has 0 unspecified atom stereocenters. The van der Waals surface area contributed by atoms with Crippen LogP contribution in [0.1, 0.15) is 23.0 Å². The van der Waals surface area contributed by atoms with Crippen molar-refractivity contribution in [3.8, 4) is 21.1 Å². The average molecular weight is 386 g/mol. The summed E-state index contributed by atoms with van der Waals surface area (Å²) >= 11 is 1.61. The van der Waals surface area contributed by atoms with Crippen molar-refractivity contribution >= 4 is 28.8 Å². The molecule has 28 heavy (non-hydrogen) atoms. The molecule has 2 aromatic heterocycles. The third-order valence-electron chi connectivity index (χ3n) is 4.23. The molecule has 6 heteroatoms. The maximum Gasteiger partial charge on any atom is 0.227 e. The van der Waals surface area contributed by atoms with Gasteiger partial charge in [0.25, 0.3) is 0 Å². The summed E-state index contributed by atoms with van der Waals surface area (Å²) in [6, 6.07) is 19.3. The summed E-state index contributed by atoms with van der Waals surface area (Å²) in [7, 11) is 0. The number of nitrogens with zero attached hydrogens (tertiary/aromatic N) is 3. The Morgan fingerprint density at radius 2 is 1.82 bits per heavy atom. The Morgan fingerprint density at radius 3 is 2.61 bits per heavy atom. The van der Waals surface area contributed by atoms with E-state index in [2.05, 4.69) is 27.4 Å². The summed E-state index contributed by atoms with van der Waals surface area (Å²) in [4.78, 5) is 26.2. The molecular formula is C22H18N4OS. The summed E-state index contributed by atoms with van der Waals surface area (Å²) in [5, 5.41) is 4.15. The van der Waals surface area contributed by atoms with E-state index in [1.165, 1.54) is 0 Å². The number of nitrogens with one attached hydrogen (secondary N) is 1. The molecule has 0 radical (unpaired) electrons. The summed E-state index contributed by atoms with van der Waals surface area (Å²) < 4.78 is 0. The predicted molar refractivity (Wildman–Crippen MR) is 113 cm³/mol. The highest BCUT2D eigenvalue weighted by Crippen LogP contribution is 2.34. The Bertz CT molecular complexity index is 1140. The van der Waals surface area contributed by atoms with Gasteiger partial charge >= 0.3 is 0 Å². The van der Waals surface area contributed by atoms with Gasteiger partial charge in [0, 0.05) is 23.0 Å². The molecule has 0 atom stereocenters. The molecule has 1 N–H and O–H groups in total. The molecule has 5 nitrogen and oxygen atoms in total. The fraction of sp³-hybridized carbons (Fsp3) is 0.0909. The second-order valence-electron chi connectivity index (χ2n) is 6.33. The third-order valence-corrected chi connectivity index (χ3v) is 5.46. The third kappa shape index (κ3) is 3.82. The number of ketones is 1. The Hall–Kier alpha value is -3.38. The molecule has 0 bridgehead atoms. The minimum absolute atomic E-state index is 0.0204. The number of carbonyl (C=O) groups excluding carboxylic acids is 1. The maximum absolute atomic E-state index is 11.6. The van der Waals surface area contributed by atoms with Gasteiger partial charge in [-0.05, 0) is 32.0 Å². The molecule has 0 aliphatic carbocycles. The Labute approximate surface area is 167 Å². The van der Waals surface area contributed by atoms with Gasteiger partial charge in [0.1, 0.15) is 5.01 Å². The summed E-state index contributed by atoms with van der Waals surface area (Å²) in [5.74, 6) is 0.499. The number of hydrogen-bond donors (Lipinski definition) is 1. The highest BCUT2D eigenvalue weighted by Gasteiger charge is 2.13. The van der Waals surface area contributed by atoms with E-state index in [-0.39, 0.29) is 5.78 Å². The number of rotatable bonds is 5. The van der Waals surface area contributed by atoms with Crippen LogP contribution in [0.25, 0.3) is 21.1 Å². The first-order valence-electron chi connectivity index (χ1n) is 8.84. The van der Waals surface area contributed by atoms with E-state index in [4.69, 9.17) is 4.98 Å². The minimum Gasteiger partial charge on any atom is -0.324 e. The normalized spacial score (nSPS) is 10.6. The summed E-state index contributed by atoms with van der Waals surface area (Å²) in [6.45, 7) is 3.54. The fourth-order valence-corrected chi connectivity index (χ4v) is 3.87. The van der Waals surface area contributed by atoms with Gasteiger partial charge in [0.05, 0.1) is 16.3 Å². The lowest BCUT2D eigenvalue weighted by molar-refractivity contribution is 0.101. The highest BCUT2D eigenvalue weighted by molar-refractivity contribution is 7.18. The van der Waals surface area contributed by atoms with Crippen LogP contribution in [0.4, 0.5) is 11.6 Å². The van der Waals surface area contributed by atoms with E-state index in [1.807, 2.05) is 43.3 Å². The standard InChI is InChI=1S/C22H18N4OS/c1-14-20(28-21(24-14)16-7-4-3-5-8-16)19-11-12-23-22(26-19)25-18-10-6-9-17(13-18)15(2)27/h3-13H,1-2H3,(H,23,25,26). The van der Waals surface area contributed by atoms with Gasteiger partial charge in [-0.15, -0.1) is 11.3 Å². The second kappa shape index (κ2) is 7.70. The number of anilines is 2. The van der Waals surface area contributed by atoms with E-state index < -0.39 is 0 Å². The average Bonchev–Trinajstić information content (AvgIpc) is 3.11. The van der Waals surface area contributed by atoms with Gasteiger partial charge in [-0.2, -0.15) is 0 Å². The van der Waals surface area contributed by atoms with Crippen LogP contribution in [0.2, 0.25) is 0 Å². The maximum atomic E-state index is 11.6. The van der Waals surface area contributed by atoms with Crippen LogP contribution in [-0.2, 0) is 0 Å². The number of hydrogen-bond acceptors (Lipinski definition) is 6. The number of carbonyl (C=O) groups is 1. The zero-order valence-corrected chi connectivity index (χ0v) is 16.3. The summed E-state index contributed by atoms with van der Waals surface area (Å²) in [6.07, 6.45) is 1.72. The van der Waals surface area contributed by atoms with Crippen LogP contribution < -0.4 is 5.32 Å². The van der Waals surface area contributed by atoms with Gasteiger partial charge in [0.15, 0.2) is 5.78 Å². The van der Waals surface area contributed by atoms with Gasteiger partial charge in [0.2, 0.25) is 5.95 Å². The quantitative estimate of drug-likeness (QED) is 0.457.